The average molecular weight is 219 g/mol. The first kappa shape index (κ1) is 11.4. The third-order valence-corrected chi connectivity index (χ3v) is 6.41. The van der Waals surface area contributed by atoms with Crippen molar-refractivity contribution in [3.63, 3.8) is 0 Å². The number of unbranched alkanes of at least 4 members (excludes halogenated alkanes) is 5. The summed E-state index contributed by atoms with van der Waals surface area (Å²) in [5.74, 6) is 0. The Balaban J connectivity index is 1.68. The summed E-state index contributed by atoms with van der Waals surface area (Å²) in [5.41, 5.74) is 0. The second-order valence-electron chi connectivity index (χ2n) is 3.51. The van der Waals surface area contributed by atoms with Gasteiger partial charge in [0.25, 0.3) is 10.0 Å². The molecule has 1 aliphatic rings. The van der Waals surface area contributed by atoms with Crippen LogP contribution in [0, 0.1) is 0 Å². The molecule has 0 atom stereocenters. The van der Waals surface area contributed by atoms with Gasteiger partial charge in [-0.3, -0.25) is 4.98 Å². The Morgan fingerprint density at radius 2 is 1.77 bits per heavy atom. The first-order chi connectivity index (χ1) is 6.43. The molecule has 0 amide bonds. The van der Waals surface area contributed by atoms with E-state index in [9.17, 15) is 0 Å². The lowest BCUT2D eigenvalue weighted by Crippen LogP contribution is -2.51. The Labute approximate surface area is 85.2 Å². The highest BCUT2D eigenvalue weighted by Crippen LogP contribution is 2.04. The van der Waals surface area contributed by atoms with E-state index in [1.807, 2.05) is 0 Å². The van der Waals surface area contributed by atoms with Gasteiger partial charge in [-0.2, -0.15) is 0 Å². The van der Waals surface area contributed by atoms with E-state index in [2.05, 4.69) is 11.9 Å². The van der Waals surface area contributed by atoms with E-state index in [-0.39, 0.29) is 0 Å². The molecule has 3 nitrogen and oxygen atoms in total. The molecular weight excluding hydrogens is 198 g/mol. The van der Waals surface area contributed by atoms with Crippen LogP contribution < -0.4 is 4.98 Å². The van der Waals surface area contributed by atoms with Crippen molar-refractivity contribution in [2.45, 2.75) is 45.4 Å². The molecule has 0 aromatic heterocycles. The highest BCUT2D eigenvalue weighted by molar-refractivity contribution is 6.62. The van der Waals surface area contributed by atoms with Gasteiger partial charge in [0.15, 0.2) is 0 Å². The minimum absolute atomic E-state index is 0.494. The Bertz CT molecular complexity index is 123. The zero-order valence-corrected chi connectivity index (χ0v) is 11.1. The molecule has 0 spiro atoms. The van der Waals surface area contributed by atoms with Gasteiger partial charge >= 0.3 is 9.45 Å². The van der Waals surface area contributed by atoms with Gasteiger partial charge in [-0.1, -0.05) is 39.0 Å². The van der Waals surface area contributed by atoms with Crippen LogP contribution in [0.3, 0.4) is 0 Å². The van der Waals surface area contributed by atoms with Crippen molar-refractivity contribution in [2.24, 2.45) is 0 Å². The summed E-state index contributed by atoms with van der Waals surface area (Å²) in [6.45, 7) is 3.35. The van der Waals surface area contributed by atoms with Gasteiger partial charge in [0.05, 0.1) is 0 Å². The summed E-state index contributed by atoms with van der Waals surface area (Å²) < 4.78 is 10.6. The molecule has 1 N–H and O–H groups in total. The fraction of sp³-hybridized carbons (Fsp3) is 1.00. The van der Waals surface area contributed by atoms with Crippen LogP contribution >= 0.6 is 0 Å². The molecule has 0 aliphatic carbocycles. The van der Waals surface area contributed by atoms with Crippen LogP contribution in [-0.4, -0.2) is 26.0 Å². The van der Waals surface area contributed by atoms with E-state index in [4.69, 9.17) is 8.23 Å². The molecule has 1 rings (SSSR count). The summed E-state index contributed by atoms with van der Waals surface area (Å²) in [5, 5.41) is 0. The second-order valence-corrected chi connectivity index (χ2v) is 7.48. The SMILES string of the molecule is CCCCCCCCN[SiH]1O[SiH2]O1. The smallest absolute Gasteiger partial charge is 0.389 e. The van der Waals surface area contributed by atoms with E-state index < -0.39 is 19.5 Å². The molecular formula is C8H21NO2Si2. The predicted molar refractivity (Wildman–Crippen MR) is 59.2 cm³/mol. The van der Waals surface area contributed by atoms with Crippen molar-refractivity contribution in [3.05, 3.63) is 0 Å². The lowest BCUT2D eigenvalue weighted by atomic mass is 10.1. The summed E-state index contributed by atoms with van der Waals surface area (Å²) >= 11 is 0. The molecule has 1 fully saturated rings. The van der Waals surface area contributed by atoms with Crippen molar-refractivity contribution in [3.8, 4) is 0 Å². The van der Waals surface area contributed by atoms with Gasteiger partial charge in [-0.15, -0.1) is 0 Å². The van der Waals surface area contributed by atoms with Crippen molar-refractivity contribution < 1.29 is 8.23 Å². The standard InChI is InChI=1S/C8H21NO2Si2/c1-2-3-4-5-6-7-8-9-13-10-12-11-13/h9,13H,2-8,12H2,1H3. The molecule has 78 valence electrons. The van der Waals surface area contributed by atoms with Gasteiger partial charge < -0.3 is 8.23 Å². The Morgan fingerprint density at radius 3 is 2.38 bits per heavy atom. The molecule has 0 aromatic rings. The highest BCUT2D eigenvalue weighted by Gasteiger charge is 2.20. The van der Waals surface area contributed by atoms with Crippen molar-refractivity contribution in [1.29, 1.82) is 0 Å². The monoisotopic (exact) mass is 219 g/mol. The van der Waals surface area contributed by atoms with Crippen LogP contribution in [0.4, 0.5) is 0 Å². The van der Waals surface area contributed by atoms with Crippen LogP contribution in [0.15, 0.2) is 0 Å². The molecule has 1 heterocycles. The molecule has 1 saturated heterocycles. The second kappa shape index (κ2) is 7.69. The zero-order valence-electron chi connectivity index (χ0n) is 8.55. The van der Waals surface area contributed by atoms with Gasteiger partial charge in [0.2, 0.25) is 0 Å². The Morgan fingerprint density at radius 1 is 1.08 bits per heavy atom. The number of rotatable bonds is 8. The van der Waals surface area contributed by atoms with Crippen molar-refractivity contribution in [1.82, 2.24) is 4.98 Å². The number of hydrogen-bond donors (Lipinski definition) is 1. The van der Waals surface area contributed by atoms with E-state index in [0.29, 0.717) is 0 Å². The fourth-order valence-corrected chi connectivity index (χ4v) is 3.85. The van der Waals surface area contributed by atoms with Crippen LogP contribution in [0.5, 0.6) is 0 Å². The maximum atomic E-state index is 5.32. The van der Waals surface area contributed by atoms with Gasteiger partial charge in [-0.05, 0) is 13.0 Å². The largest absolute Gasteiger partial charge is 0.411 e. The minimum atomic E-state index is -1.25. The third-order valence-electron chi connectivity index (χ3n) is 2.28. The minimum Gasteiger partial charge on any atom is -0.411 e. The van der Waals surface area contributed by atoms with Crippen LogP contribution in [0.2, 0.25) is 0 Å². The molecule has 13 heavy (non-hydrogen) atoms. The Kier molecular flexibility index (Phi) is 6.74. The first-order valence-corrected chi connectivity index (χ1v) is 8.07. The van der Waals surface area contributed by atoms with Crippen molar-refractivity contribution >= 4 is 19.5 Å². The summed E-state index contributed by atoms with van der Waals surface area (Å²) in [6, 6.07) is 0. The molecule has 0 unspecified atom stereocenters. The molecule has 1 aliphatic heterocycles. The number of nitrogens with one attached hydrogen (secondary N) is 1. The third kappa shape index (κ3) is 5.59. The molecule has 0 radical (unpaired) electrons. The van der Waals surface area contributed by atoms with Crippen LogP contribution in [0.25, 0.3) is 0 Å². The van der Waals surface area contributed by atoms with Gasteiger partial charge in [-0.25, -0.2) is 0 Å². The normalized spacial score (nSPS) is 23.3. The maximum absolute atomic E-state index is 5.32. The molecule has 5 heteroatoms. The van der Waals surface area contributed by atoms with Gasteiger partial charge in [0, 0.05) is 0 Å². The lowest BCUT2D eigenvalue weighted by Gasteiger charge is -2.25. The molecule has 0 bridgehead atoms. The topological polar surface area (TPSA) is 30.5 Å². The first-order valence-electron chi connectivity index (χ1n) is 5.40. The summed E-state index contributed by atoms with van der Waals surface area (Å²) in [7, 11) is -1.75. The number of hydrogen-bond acceptors (Lipinski definition) is 3. The highest BCUT2D eigenvalue weighted by atomic mass is 28.4. The van der Waals surface area contributed by atoms with Crippen LogP contribution in [-0.2, 0) is 8.23 Å². The fourth-order valence-electron chi connectivity index (χ4n) is 1.38. The Hall–Kier alpha value is 0.314. The van der Waals surface area contributed by atoms with E-state index in [1.54, 1.807) is 0 Å². The predicted octanol–water partition coefficient (Wildman–Crippen LogP) is 0.699. The van der Waals surface area contributed by atoms with Crippen molar-refractivity contribution in [2.75, 3.05) is 6.54 Å². The summed E-state index contributed by atoms with van der Waals surface area (Å²) in [4.78, 5) is 3.34. The van der Waals surface area contributed by atoms with E-state index in [1.165, 1.54) is 38.5 Å². The lowest BCUT2D eigenvalue weighted by molar-refractivity contribution is 0.295. The quantitative estimate of drug-likeness (QED) is 0.481. The zero-order chi connectivity index (χ0) is 9.36. The van der Waals surface area contributed by atoms with E-state index >= 15 is 0 Å². The van der Waals surface area contributed by atoms with Crippen LogP contribution in [0.1, 0.15) is 45.4 Å². The van der Waals surface area contributed by atoms with Gasteiger partial charge in [0.1, 0.15) is 0 Å². The molecule has 0 aromatic carbocycles. The summed E-state index contributed by atoms with van der Waals surface area (Å²) in [6.07, 6.45) is 8.14. The molecule has 0 saturated carbocycles. The average Bonchev–Trinajstić information content (AvgIpc) is 2.07. The van der Waals surface area contributed by atoms with E-state index in [0.717, 1.165) is 6.54 Å². The maximum Gasteiger partial charge on any atom is 0.389 e.